The van der Waals surface area contributed by atoms with Gasteiger partial charge in [-0.25, -0.2) is 8.91 Å². The molecule has 33 heavy (non-hydrogen) atoms. The van der Waals surface area contributed by atoms with Gasteiger partial charge < -0.3 is 20.1 Å². The molecular weight excluding hydrogens is 445 g/mol. The molecule has 0 saturated heterocycles. The first-order valence-electron chi connectivity index (χ1n) is 9.93. The molecule has 4 aromatic rings. The first-order chi connectivity index (χ1) is 15.9. The number of anilines is 1. The van der Waals surface area contributed by atoms with Crippen molar-refractivity contribution in [2.24, 2.45) is 0 Å². The molecule has 0 bridgehead atoms. The molecule has 1 amide bonds. The lowest BCUT2D eigenvalue weighted by Gasteiger charge is -2.12. The Labute approximate surface area is 194 Å². The number of carbonyl (C=O) groups is 1. The molecule has 2 aromatic heterocycles. The Kier molecular flexibility index (Phi) is 6.45. The molecule has 0 aliphatic carbocycles. The van der Waals surface area contributed by atoms with Gasteiger partial charge in [-0.3, -0.25) is 4.79 Å². The number of thiocarbonyl (C=S) groups is 1. The number of hydrogen-bond acceptors (Lipinski definition) is 6. The molecule has 0 radical (unpaired) electrons. The number of aromatic nitrogens is 3. The highest BCUT2D eigenvalue weighted by Crippen LogP contribution is 2.33. The largest absolute Gasteiger partial charge is 0.495 e. The van der Waals surface area contributed by atoms with Gasteiger partial charge >= 0.3 is 0 Å². The van der Waals surface area contributed by atoms with Crippen LogP contribution < -0.4 is 20.1 Å². The molecule has 4 rings (SSSR count). The van der Waals surface area contributed by atoms with Gasteiger partial charge in [0, 0.05) is 17.3 Å². The van der Waals surface area contributed by atoms with Crippen molar-refractivity contribution in [2.75, 3.05) is 12.4 Å². The van der Waals surface area contributed by atoms with Crippen molar-refractivity contribution < 1.29 is 18.7 Å². The summed E-state index contributed by atoms with van der Waals surface area (Å²) in [6.07, 6.45) is 3.18. The van der Waals surface area contributed by atoms with Crippen LogP contribution in [0.25, 0.3) is 5.52 Å². The maximum Gasteiger partial charge on any atom is 0.247 e. The fourth-order valence-corrected chi connectivity index (χ4v) is 3.50. The van der Waals surface area contributed by atoms with Crippen molar-refractivity contribution in [2.45, 2.75) is 13.3 Å². The number of methoxy groups -OCH3 is 1. The Morgan fingerprint density at radius 3 is 2.70 bits per heavy atom. The third-order valence-corrected chi connectivity index (χ3v) is 5.03. The molecule has 0 unspecified atom stereocenters. The Balaban J connectivity index is 1.43. The molecule has 0 aliphatic rings. The van der Waals surface area contributed by atoms with Crippen molar-refractivity contribution in [3.63, 3.8) is 0 Å². The summed E-state index contributed by atoms with van der Waals surface area (Å²) in [5.41, 5.74) is 2.56. The lowest BCUT2D eigenvalue weighted by atomic mass is 10.1. The van der Waals surface area contributed by atoms with Gasteiger partial charge in [0.05, 0.1) is 19.7 Å². The summed E-state index contributed by atoms with van der Waals surface area (Å²) in [6.45, 7) is 1.83. The van der Waals surface area contributed by atoms with E-state index in [0.29, 0.717) is 17.0 Å². The van der Waals surface area contributed by atoms with E-state index in [-0.39, 0.29) is 29.1 Å². The highest BCUT2D eigenvalue weighted by atomic mass is 32.1. The van der Waals surface area contributed by atoms with E-state index in [4.69, 9.17) is 21.7 Å². The monoisotopic (exact) mass is 465 g/mol. The van der Waals surface area contributed by atoms with E-state index in [0.717, 1.165) is 11.1 Å². The molecule has 0 saturated carbocycles. The first kappa shape index (κ1) is 22.2. The van der Waals surface area contributed by atoms with Gasteiger partial charge in [-0.15, -0.1) is 0 Å². The number of benzene rings is 2. The number of carbonyl (C=O) groups excluding carboxylic acids is 1. The van der Waals surface area contributed by atoms with Crippen molar-refractivity contribution in [3.05, 3.63) is 78.0 Å². The number of halogens is 1. The predicted octanol–water partition coefficient (Wildman–Crippen LogP) is 4.03. The highest BCUT2D eigenvalue weighted by molar-refractivity contribution is 7.80. The zero-order chi connectivity index (χ0) is 23.4. The maximum atomic E-state index is 14.7. The predicted molar refractivity (Wildman–Crippen MR) is 125 cm³/mol. The first-order valence-corrected chi connectivity index (χ1v) is 10.3. The smallest absolute Gasteiger partial charge is 0.247 e. The lowest BCUT2D eigenvalue weighted by Crippen LogP contribution is -2.35. The second kappa shape index (κ2) is 9.61. The molecule has 0 fully saturated rings. The van der Waals surface area contributed by atoms with E-state index >= 15 is 0 Å². The van der Waals surface area contributed by atoms with Crippen LogP contribution in [0.4, 0.5) is 10.1 Å². The average Bonchev–Trinajstić information content (AvgIpc) is 3.12. The van der Waals surface area contributed by atoms with Crippen molar-refractivity contribution in [1.29, 1.82) is 0 Å². The van der Waals surface area contributed by atoms with E-state index in [1.54, 1.807) is 23.9 Å². The number of nitrogens with zero attached hydrogens (tertiary/aromatic N) is 3. The summed E-state index contributed by atoms with van der Waals surface area (Å²) in [5, 5.41) is 9.57. The fraction of sp³-hybridized carbons (Fsp3) is 0.130. The van der Waals surface area contributed by atoms with E-state index in [1.807, 2.05) is 37.3 Å². The second-order valence-electron chi connectivity index (χ2n) is 7.09. The second-order valence-corrected chi connectivity index (χ2v) is 7.50. The molecule has 10 heteroatoms. The van der Waals surface area contributed by atoms with Crippen molar-refractivity contribution in [1.82, 2.24) is 19.9 Å². The van der Waals surface area contributed by atoms with Crippen LogP contribution >= 0.6 is 12.2 Å². The van der Waals surface area contributed by atoms with Gasteiger partial charge in [-0.1, -0.05) is 30.3 Å². The van der Waals surface area contributed by atoms with Crippen LogP contribution in [0.5, 0.6) is 17.4 Å². The number of fused-ring (bicyclic) bond motifs is 1. The normalized spacial score (nSPS) is 10.6. The van der Waals surface area contributed by atoms with Gasteiger partial charge in [-0.05, 0) is 36.8 Å². The topological polar surface area (TPSA) is 89.8 Å². The summed E-state index contributed by atoms with van der Waals surface area (Å²) in [6, 6.07) is 13.5. The minimum absolute atomic E-state index is 0.0280. The molecule has 8 nitrogen and oxygen atoms in total. The third-order valence-electron chi connectivity index (χ3n) is 4.82. The fourth-order valence-electron chi connectivity index (χ4n) is 3.27. The van der Waals surface area contributed by atoms with Gasteiger partial charge in [0.1, 0.15) is 17.6 Å². The Hall–Kier alpha value is -4.05. The summed E-state index contributed by atoms with van der Waals surface area (Å²) in [7, 11) is 1.55. The zero-order valence-electron chi connectivity index (χ0n) is 17.8. The summed E-state index contributed by atoms with van der Waals surface area (Å²) < 4.78 is 27.3. The molecule has 0 atom stereocenters. The number of ether oxygens (including phenoxy) is 2. The standard InChI is InChI=1S/C23H20FN5O3S/c1-14-19(31-2)12-29-21(14)22(25-13-26-29)32-18-9-8-16(11-17(18)24)27-23(33)28-20(30)10-15-6-4-3-5-7-15/h3-9,11-13H,10H2,1-2H3,(H2,27,28,30,33). The van der Waals surface area contributed by atoms with Gasteiger partial charge in [-0.2, -0.15) is 10.1 Å². The maximum absolute atomic E-state index is 14.7. The number of aryl methyl sites for hydroxylation is 1. The minimum atomic E-state index is -0.633. The minimum Gasteiger partial charge on any atom is -0.495 e. The molecule has 0 aliphatic heterocycles. The van der Waals surface area contributed by atoms with Gasteiger partial charge in [0.15, 0.2) is 16.7 Å². The lowest BCUT2D eigenvalue weighted by molar-refractivity contribution is -0.119. The quantitative estimate of drug-likeness (QED) is 0.416. The van der Waals surface area contributed by atoms with Crippen LogP contribution in [0.15, 0.2) is 61.1 Å². The van der Waals surface area contributed by atoms with Crippen molar-refractivity contribution >= 4 is 34.4 Å². The number of hydrogen-bond donors (Lipinski definition) is 2. The highest BCUT2D eigenvalue weighted by Gasteiger charge is 2.16. The van der Waals surface area contributed by atoms with Gasteiger partial charge in [0.25, 0.3) is 0 Å². The van der Waals surface area contributed by atoms with Crippen LogP contribution in [0.3, 0.4) is 0 Å². The van der Waals surface area contributed by atoms with E-state index in [2.05, 4.69) is 20.7 Å². The van der Waals surface area contributed by atoms with Crippen LogP contribution in [-0.2, 0) is 11.2 Å². The Bertz CT molecular complexity index is 1330. The molecule has 2 N–H and O–H groups in total. The van der Waals surface area contributed by atoms with Crippen LogP contribution in [0, 0.1) is 12.7 Å². The van der Waals surface area contributed by atoms with Gasteiger partial charge in [0.2, 0.25) is 11.8 Å². The summed E-state index contributed by atoms with van der Waals surface area (Å²) in [4.78, 5) is 16.3. The molecule has 2 aromatic carbocycles. The van der Waals surface area contributed by atoms with Crippen molar-refractivity contribution in [3.8, 4) is 17.4 Å². The summed E-state index contributed by atoms with van der Waals surface area (Å²) in [5.74, 6) is -0.131. The molecule has 168 valence electrons. The Morgan fingerprint density at radius 1 is 1.18 bits per heavy atom. The van der Waals surface area contributed by atoms with E-state index in [9.17, 15) is 9.18 Å². The van der Waals surface area contributed by atoms with Crippen LogP contribution in [-0.4, -0.2) is 32.7 Å². The Morgan fingerprint density at radius 2 is 1.97 bits per heavy atom. The number of nitrogens with one attached hydrogen (secondary N) is 2. The summed E-state index contributed by atoms with van der Waals surface area (Å²) >= 11 is 5.16. The van der Waals surface area contributed by atoms with E-state index in [1.165, 1.54) is 18.5 Å². The van der Waals surface area contributed by atoms with Crippen LogP contribution in [0.1, 0.15) is 11.1 Å². The van der Waals surface area contributed by atoms with Crippen LogP contribution in [0.2, 0.25) is 0 Å². The SMILES string of the molecule is COc1cn2ncnc(Oc3ccc(NC(=S)NC(=O)Cc4ccccc4)cc3F)c2c1C. The molecule has 0 spiro atoms. The number of rotatable bonds is 6. The molecular formula is C23H20FN5O3S. The van der Waals surface area contributed by atoms with E-state index < -0.39 is 5.82 Å². The number of amides is 1. The third kappa shape index (κ3) is 5.07. The molecule has 2 heterocycles. The zero-order valence-corrected chi connectivity index (χ0v) is 18.6. The average molecular weight is 466 g/mol.